The number of nitrogens with zero attached hydrogens (tertiary/aromatic N) is 1. The quantitative estimate of drug-likeness (QED) is 0.445. The van der Waals surface area contributed by atoms with Crippen LogP contribution in [0.2, 0.25) is 5.02 Å². The number of benzene rings is 3. The summed E-state index contributed by atoms with van der Waals surface area (Å²) in [5.74, 6) is -0.329. The first-order chi connectivity index (χ1) is 14.5. The van der Waals surface area contributed by atoms with E-state index < -0.39 is 5.82 Å². The predicted molar refractivity (Wildman–Crippen MR) is 115 cm³/mol. The van der Waals surface area contributed by atoms with Crippen LogP contribution in [0.4, 0.5) is 15.8 Å². The summed E-state index contributed by atoms with van der Waals surface area (Å²) in [5, 5.41) is 15.0. The number of ether oxygens (including phenoxy) is 2. The minimum Gasteiger partial charge on any atom is -0.494 e. The molecule has 0 unspecified atom stereocenters. The van der Waals surface area contributed by atoms with Crippen molar-refractivity contribution in [2.24, 2.45) is 0 Å². The molecule has 4 aromatic rings. The Bertz CT molecular complexity index is 1410. The fourth-order valence-electron chi connectivity index (χ4n) is 3.43. The highest BCUT2D eigenvalue weighted by Gasteiger charge is 2.16. The van der Waals surface area contributed by atoms with Gasteiger partial charge in [0.2, 0.25) is 5.43 Å². The fourth-order valence-corrected chi connectivity index (χ4v) is 3.63. The summed E-state index contributed by atoms with van der Waals surface area (Å²) < 4.78 is 24.2. The Balaban J connectivity index is 1.99. The normalized spacial score (nSPS) is 10.8. The largest absolute Gasteiger partial charge is 0.494 e. The molecule has 0 spiro atoms. The highest BCUT2D eigenvalue weighted by molar-refractivity contribution is 6.33. The highest BCUT2D eigenvalue weighted by atomic mass is 35.5. The zero-order valence-corrected chi connectivity index (χ0v) is 16.7. The van der Waals surface area contributed by atoms with Crippen LogP contribution in [-0.4, -0.2) is 19.2 Å². The molecule has 2 N–H and O–H groups in total. The lowest BCUT2D eigenvalue weighted by atomic mass is 10.0. The molecule has 8 heteroatoms. The van der Waals surface area contributed by atoms with Gasteiger partial charge in [-0.15, -0.1) is 0 Å². The van der Waals surface area contributed by atoms with Crippen LogP contribution in [0, 0.1) is 17.1 Å². The maximum atomic E-state index is 13.9. The van der Waals surface area contributed by atoms with Crippen molar-refractivity contribution >= 4 is 44.7 Å². The summed E-state index contributed by atoms with van der Waals surface area (Å²) in [5.41, 5.74) is 1.66. The van der Waals surface area contributed by atoms with Gasteiger partial charge in [-0.3, -0.25) is 4.79 Å². The standard InChI is InChI=1S/C22H15ClFN3O3/c1-29-19-8-17(15(23)7-16(19)24)27-20-11(9-25)10-26-21-12-5-6-18(28)22(30-2)13(12)3-4-14(20)21/h3-8,10,26-27H,1-2H3. The summed E-state index contributed by atoms with van der Waals surface area (Å²) in [6.45, 7) is 0. The van der Waals surface area contributed by atoms with Crippen molar-refractivity contribution in [3.63, 3.8) is 0 Å². The lowest BCUT2D eigenvalue weighted by Crippen LogP contribution is -2.04. The van der Waals surface area contributed by atoms with Crippen LogP contribution in [0.15, 0.2) is 47.4 Å². The number of methoxy groups -OCH3 is 2. The topological polar surface area (TPSA) is 87.1 Å². The van der Waals surface area contributed by atoms with E-state index in [-0.39, 0.29) is 22.0 Å². The molecule has 30 heavy (non-hydrogen) atoms. The van der Waals surface area contributed by atoms with Crippen LogP contribution >= 0.6 is 11.6 Å². The monoisotopic (exact) mass is 423 g/mol. The minimum absolute atomic E-state index is 0.0189. The molecule has 0 atom stereocenters. The number of rotatable bonds is 4. The summed E-state index contributed by atoms with van der Waals surface area (Å²) in [6, 6.07) is 11.4. The van der Waals surface area contributed by atoms with E-state index in [1.54, 1.807) is 24.4 Å². The van der Waals surface area contributed by atoms with Gasteiger partial charge in [0.15, 0.2) is 17.3 Å². The van der Waals surface area contributed by atoms with Gasteiger partial charge in [0.1, 0.15) is 6.07 Å². The second kappa shape index (κ2) is 7.58. The molecule has 0 saturated carbocycles. The van der Waals surface area contributed by atoms with Crippen LogP contribution in [0.3, 0.4) is 0 Å². The van der Waals surface area contributed by atoms with Gasteiger partial charge in [-0.1, -0.05) is 11.6 Å². The first-order valence-corrected chi connectivity index (χ1v) is 9.21. The Kier molecular flexibility index (Phi) is 4.94. The maximum Gasteiger partial charge on any atom is 0.221 e. The molecule has 150 valence electrons. The average molecular weight is 424 g/mol. The number of aromatic amines is 1. The van der Waals surface area contributed by atoms with E-state index in [2.05, 4.69) is 16.4 Å². The molecule has 0 radical (unpaired) electrons. The molecule has 1 aromatic heterocycles. The minimum atomic E-state index is -0.591. The van der Waals surface area contributed by atoms with E-state index in [4.69, 9.17) is 21.1 Å². The van der Waals surface area contributed by atoms with E-state index in [0.717, 1.165) is 11.5 Å². The summed E-state index contributed by atoms with van der Waals surface area (Å²) in [4.78, 5) is 15.2. The van der Waals surface area contributed by atoms with Gasteiger partial charge in [0.25, 0.3) is 0 Å². The lowest BCUT2D eigenvalue weighted by Gasteiger charge is -2.16. The van der Waals surface area contributed by atoms with Gasteiger partial charge in [0, 0.05) is 28.4 Å². The van der Waals surface area contributed by atoms with E-state index >= 15 is 0 Å². The van der Waals surface area contributed by atoms with Crippen molar-refractivity contribution in [1.82, 2.24) is 4.98 Å². The Morgan fingerprint density at radius 3 is 2.53 bits per heavy atom. The van der Waals surface area contributed by atoms with Crippen molar-refractivity contribution in [3.8, 4) is 17.6 Å². The fraction of sp³-hybridized carbons (Fsp3) is 0.0909. The van der Waals surface area contributed by atoms with Crippen LogP contribution in [0.1, 0.15) is 5.56 Å². The molecule has 0 amide bonds. The number of aromatic nitrogens is 1. The summed E-state index contributed by atoms with van der Waals surface area (Å²) >= 11 is 6.21. The predicted octanol–water partition coefficient (Wildman–Crippen LogP) is 5.11. The molecule has 0 bridgehead atoms. The number of H-pyrrole nitrogens is 1. The van der Waals surface area contributed by atoms with Gasteiger partial charge in [-0.25, -0.2) is 4.39 Å². The number of hydrogen-bond donors (Lipinski definition) is 2. The summed E-state index contributed by atoms with van der Waals surface area (Å²) in [7, 11) is 2.80. The van der Waals surface area contributed by atoms with Gasteiger partial charge < -0.3 is 19.8 Å². The van der Waals surface area contributed by atoms with Crippen LogP contribution in [-0.2, 0) is 0 Å². The third kappa shape index (κ3) is 3.08. The van der Waals surface area contributed by atoms with Gasteiger partial charge >= 0.3 is 0 Å². The SMILES string of the molecule is COc1cc(Nc2c(C#N)c[nH]c3c2ccc2c(OC)c(=O)ccc23)c(Cl)cc1F. The summed E-state index contributed by atoms with van der Waals surface area (Å²) in [6.07, 6.45) is 1.55. The van der Waals surface area contributed by atoms with Gasteiger partial charge in [-0.2, -0.15) is 5.26 Å². The molecular weight excluding hydrogens is 409 g/mol. The zero-order valence-electron chi connectivity index (χ0n) is 16.0. The number of pyridine rings is 1. The molecule has 6 nitrogen and oxygen atoms in total. The van der Waals surface area contributed by atoms with Crippen molar-refractivity contribution < 1.29 is 13.9 Å². The Hall–Kier alpha value is -3.76. The van der Waals surface area contributed by atoms with Crippen LogP contribution < -0.4 is 20.2 Å². The Morgan fingerprint density at radius 1 is 1.10 bits per heavy atom. The van der Waals surface area contributed by atoms with Crippen LogP contribution in [0.5, 0.6) is 11.5 Å². The van der Waals surface area contributed by atoms with E-state index in [1.807, 2.05) is 0 Å². The van der Waals surface area contributed by atoms with Gasteiger partial charge in [-0.05, 0) is 30.3 Å². The molecular formula is C22H15ClFN3O3. The number of fused-ring (bicyclic) bond motifs is 3. The molecule has 0 aliphatic carbocycles. The van der Waals surface area contributed by atoms with Crippen molar-refractivity contribution in [3.05, 3.63) is 69.2 Å². The third-order valence-corrected chi connectivity index (χ3v) is 5.15. The molecule has 0 aliphatic rings. The molecule has 1 heterocycles. The van der Waals surface area contributed by atoms with E-state index in [1.165, 1.54) is 26.4 Å². The Labute approximate surface area is 175 Å². The van der Waals surface area contributed by atoms with E-state index in [0.29, 0.717) is 33.2 Å². The molecule has 0 saturated heterocycles. The first kappa shape index (κ1) is 19.6. The molecule has 3 aromatic carbocycles. The number of hydrogen-bond acceptors (Lipinski definition) is 5. The number of nitriles is 1. The third-order valence-electron chi connectivity index (χ3n) is 4.84. The molecule has 0 fully saturated rings. The molecule has 0 aliphatic heterocycles. The second-order valence-corrected chi connectivity index (χ2v) is 6.87. The van der Waals surface area contributed by atoms with Crippen molar-refractivity contribution in [2.75, 3.05) is 19.5 Å². The van der Waals surface area contributed by atoms with E-state index in [9.17, 15) is 14.4 Å². The first-order valence-electron chi connectivity index (χ1n) is 8.83. The smallest absolute Gasteiger partial charge is 0.221 e. The number of halogens is 2. The van der Waals surface area contributed by atoms with Crippen molar-refractivity contribution in [1.29, 1.82) is 5.26 Å². The zero-order chi connectivity index (χ0) is 21.4. The highest BCUT2D eigenvalue weighted by Crippen LogP contribution is 2.37. The number of anilines is 2. The molecule has 4 rings (SSSR count). The van der Waals surface area contributed by atoms with Crippen molar-refractivity contribution in [2.45, 2.75) is 0 Å². The van der Waals surface area contributed by atoms with Gasteiger partial charge in [0.05, 0.1) is 41.7 Å². The maximum absolute atomic E-state index is 13.9. The second-order valence-electron chi connectivity index (χ2n) is 6.46. The Morgan fingerprint density at radius 2 is 1.83 bits per heavy atom. The average Bonchev–Trinajstić information content (AvgIpc) is 2.75. The lowest BCUT2D eigenvalue weighted by molar-refractivity contribution is 0.387. The van der Waals surface area contributed by atoms with Crippen LogP contribution in [0.25, 0.3) is 21.7 Å². The number of nitrogens with one attached hydrogen (secondary N) is 2.